The number of hydroxylamine groups is 1. The highest BCUT2D eigenvalue weighted by atomic mass is 35.5. The maximum absolute atomic E-state index is 13.5. The van der Waals surface area contributed by atoms with Gasteiger partial charge < -0.3 is 14.8 Å². The molecule has 0 fully saturated rings. The second kappa shape index (κ2) is 12.0. The molecule has 3 N–H and O–H groups in total. The molecule has 0 atom stereocenters. The number of aromatic nitrogens is 2. The molecule has 0 unspecified atom stereocenters. The van der Waals surface area contributed by atoms with Gasteiger partial charge in [0.2, 0.25) is 5.91 Å². The van der Waals surface area contributed by atoms with Crippen LogP contribution in [0.25, 0.3) is 10.9 Å². The molecule has 4 rings (SSSR count). The van der Waals surface area contributed by atoms with E-state index in [1.807, 2.05) is 12.1 Å². The Balaban J connectivity index is 1.53. The average molecular weight is 521 g/mol. The fourth-order valence-corrected chi connectivity index (χ4v) is 3.59. The van der Waals surface area contributed by atoms with E-state index in [9.17, 15) is 9.18 Å². The number of halogens is 2. The molecule has 8 nitrogen and oxygen atoms in total. The predicted molar refractivity (Wildman–Crippen MR) is 138 cm³/mol. The molecule has 4 aromatic rings. The highest BCUT2D eigenvalue weighted by molar-refractivity contribution is 6.31. The molecule has 0 saturated heterocycles. The molecule has 188 valence electrons. The number of hydrogen-bond acceptors (Lipinski definition) is 7. The standard InChI is InChI=1S/C27H22ClFN4O4/c1-36-24-15-23-20(27(31-16-30-23)32-18-9-12-22(29)21(28)13-18)14-25(24)37-19-10-7-17(8-11-19)5-3-2-4-6-26(34)33-35/h7-16,35H,2,4,6H2,1H3,(H,33,34)(H,30,31,32). The summed E-state index contributed by atoms with van der Waals surface area (Å²) in [5.74, 6) is 7.08. The number of benzene rings is 3. The number of fused-ring (bicyclic) bond motifs is 1. The van der Waals surface area contributed by atoms with Crippen LogP contribution in [0.4, 0.5) is 15.9 Å². The number of hydrogen-bond donors (Lipinski definition) is 3. The van der Waals surface area contributed by atoms with Gasteiger partial charge in [0.15, 0.2) is 11.5 Å². The Labute approximate surface area is 217 Å². The van der Waals surface area contributed by atoms with Gasteiger partial charge in [-0.1, -0.05) is 23.4 Å². The maximum Gasteiger partial charge on any atom is 0.243 e. The number of unbranched alkanes of at least 4 members (excludes halogenated alkanes) is 1. The fourth-order valence-electron chi connectivity index (χ4n) is 3.40. The van der Waals surface area contributed by atoms with Crippen LogP contribution in [-0.4, -0.2) is 28.2 Å². The Hall–Kier alpha value is -4.39. The molecular formula is C27H22ClFN4O4. The highest BCUT2D eigenvalue weighted by Crippen LogP contribution is 2.37. The van der Waals surface area contributed by atoms with Crippen molar-refractivity contribution in [3.05, 3.63) is 77.3 Å². The molecule has 37 heavy (non-hydrogen) atoms. The summed E-state index contributed by atoms with van der Waals surface area (Å²) in [6, 6.07) is 15.0. The van der Waals surface area contributed by atoms with Gasteiger partial charge in [-0.25, -0.2) is 19.8 Å². The molecule has 0 aliphatic heterocycles. The lowest BCUT2D eigenvalue weighted by Crippen LogP contribution is -2.17. The zero-order valence-corrected chi connectivity index (χ0v) is 20.5. The normalized spacial score (nSPS) is 10.4. The number of rotatable bonds is 8. The first-order valence-corrected chi connectivity index (χ1v) is 11.6. The van der Waals surface area contributed by atoms with Crippen LogP contribution in [0, 0.1) is 17.7 Å². The zero-order chi connectivity index (χ0) is 26.2. The number of methoxy groups -OCH3 is 1. The van der Waals surface area contributed by atoms with E-state index in [1.54, 1.807) is 35.8 Å². The summed E-state index contributed by atoms with van der Waals surface area (Å²) >= 11 is 5.91. The number of ether oxygens (including phenoxy) is 2. The van der Waals surface area contributed by atoms with E-state index in [0.717, 1.165) is 5.56 Å². The van der Waals surface area contributed by atoms with Crippen LogP contribution in [0.15, 0.2) is 60.9 Å². The van der Waals surface area contributed by atoms with Crippen LogP contribution >= 0.6 is 11.6 Å². The molecule has 0 spiro atoms. The van der Waals surface area contributed by atoms with E-state index >= 15 is 0 Å². The Kier molecular flexibility index (Phi) is 8.36. The highest BCUT2D eigenvalue weighted by Gasteiger charge is 2.13. The Morgan fingerprint density at radius 2 is 1.92 bits per heavy atom. The van der Waals surface area contributed by atoms with Crippen molar-refractivity contribution in [3.63, 3.8) is 0 Å². The van der Waals surface area contributed by atoms with Gasteiger partial charge in [-0.05, 0) is 55.0 Å². The van der Waals surface area contributed by atoms with E-state index in [0.29, 0.717) is 52.5 Å². The summed E-state index contributed by atoms with van der Waals surface area (Å²) in [6.45, 7) is 0. The summed E-state index contributed by atoms with van der Waals surface area (Å²) in [5, 5.41) is 12.3. The third kappa shape index (κ3) is 6.64. The maximum atomic E-state index is 13.5. The van der Waals surface area contributed by atoms with Gasteiger partial charge in [-0.2, -0.15) is 0 Å². The molecule has 1 amide bonds. The van der Waals surface area contributed by atoms with Crippen molar-refractivity contribution in [2.24, 2.45) is 0 Å². The van der Waals surface area contributed by atoms with Gasteiger partial charge in [0.05, 0.1) is 17.6 Å². The molecule has 1 heterocycles. The van der Waals surface area contributed by atoms with E-state index in [4.69, 9.17) is 26.3 Å². The van der Waals surface area contributed by atoms with Crippen LogP contribution in [0.2, 0.25) is 5.02 Å². The minimum atomic E-state index is -0.510. The SMILES string of the molecule is COc1cc2ncnc(Nc3ccc(F)c(Cl)c3)c2cc1Oc1ccc(C#CCCCC(=O)NO)cc1. The van der Waals surface area contributed by atoms with E-state index in [-0.39, 0.29) is 11.4 Å². The first kappa shape index (κ1) is 25.7. The lowest BCUT2D eigenvalue weighted by Gasteiger charge is -2.14. The minimum Gasteiger partial charge on any atom is -0.493 e. The summed E-state index contributed by atoms with van der Waals surface area (Å²) in [4.78, 5) is 19.7. The summed E-state index contributed by atoms with van der Waals surface area (Å²) in [5.41, 5.74) is 3.58. The molecule has 0 radical (unpaired) electrons. The van der Waals surface area contributed by atoms with Gasteiger partial charge in [-0.3, -0.25) is 10.0 Å². The van der Waals surface area contributed by atoms with Crippen molar-refractivity contribution in [2.45, 2.75) is 19.3 Å². The van der Waals surface area contributed by atoms with Gasteiger partial charge in [-0.15, -0.1) is 0 Å². The number of nitrogens with zero attached hydrogens (tertiary/aromatic N) is 2. The summed E-state index contributed by atoms with van der Waals surface area (Å²) in [6.07, 6.45) is 2.71. The number of nitrogens with one attached hydrogen (secondary N) is 2. The van der Waals surface area contributed by atoms with Crippen molar-refractivity contribution >= 4 is 39.9 Å². The third-order valence-corrected chi connectivity index (χ3v) is 5.54. The molecule has 1 aromatic heterocycles. The Morgan fingerprint density at radius 3 is 2.65 bits per heavy atom. The van der Waals surface area contributed by atoms with Crippen molar-refractivity contribution in [1.29, 1.82) is 0 Å². The molecule has 0 saturated carbocycles. The first-order valence-electron chi connectivity index (χ1n) is 11.2. The first-order chi connectivity index (χ1) is 18.0. The lowest BCUT2D eigenvalue weighted by atomic mass is 10.2. The number of anilines is 2. The number of carbonyl (C=O) groups excluding carboxylic acids is 1. The Bertz CT molecular complexity index is 1490. The second-order valence-corrected chi connectivity index (χ2v) is 8.22. The van der Waals surface area contributed by atoms with Gasteiger partial charge in [0.25, 0.3) is 0 Å². The van der Waals surface area contributed by atoms with Crippen molar-refractivity contribution in [3.8, 4) is 29.1 Å². The molecule has 3 aromatic carbocycles. The van der Waals surface area contributed by atoms with E-state index < -0.39 is 11.7 Å². The van der Waals surface area contributed by atoms with Crippen molar-refractivity contribution < 1.29 is 23.9 Å². The van der Waals surface area contributed by atoms with Crippen LogP contribution in [-0.2, 0) is 4.79 Å². The smallest absolute Gasteiger partial charge is 0.243 e. The minimum absolute atomic E-state index is 0.00344. The van der Waals surface area contributed by atoms with Gasteiger partial charge in [0, 0.05) is 35.5 Å². The van der Waals surface area contributed by atoms with Crippen LogP contribution in [0.3, 0.4) is 0 Å². The second-order valence-electron chi connectivity index (χ2n) is 7.81. The molecule has 0 bridgehead atoms. The zero-order valence-electron chi connectivity index (χ0n) is 19.7. The molecular weight excluding hydrogens is 499 g/mol. The number of amides is 1. The summed E-state index contributed by atoms with van der Waals surface area (Å²) in [7, 11) is 1.54. The molecule has 0 aliphatic carbocycles. The van der Waals surface area contributed by atoms with Crippen molar-refractivity contribution in [1.82, 2.24) is 15.4 Å². The molecule has 0 aliphatic rings. The van der Waals surface area contributed by atoms with Crippen LogP contribution in [0.5, 0.6) is 17.2 Å². The lowest BCUT2D eigenvalue weighted by molar-refractivity contribution is -0.129. The van der Waals surface area contributed by atoms with Crippen LogP contribution in [0.1, 0.15) is 24.8 Å². The number of carbonyl (C=O) groups is 1. The van der Waals surface area contributed by atoms with Crippen molar-refractivity contribution in [2.75, 3.05) is 12.4 Å². The van der Waals surface area contributed by atoms with E-state index in [2.05, 4.69) is 27.1 Å². The monoisotopic (exact) mass is 520 g/mol. The summed E-state index contributed by atoms with van der Waals surface area (Å²) < 4.78 is 25.1. The average Bonchev–Trinajstić information content (AvgIpc) is 2.91. The largest absolute Gasteiger partial charge is 0.493 e. The molecule has 10 heteroatoms. The quantitative estimate of drug-likeness (QED) is 0.113. The van der Waals surface area contributed by atoms with E-state index in [1.165, 1.54) is 25.6 Å². The van der Waals surface area contributed by atoms with Gasteiger partial charge >= 0.3 is 0 Å². The Morgan fingerprint density at radius 1 is 1.11 bits per heavy atom. The third-order valence-electron chi connectivity index (χ3n) is 5.25. The fraction of sp³-hybridized carbons (Fsp3) is 0.148. The van der Waals surface area contributed by atoms with Crippen LogP contribution < -0.4 is 20.3 Å². The van der Waals surface area contributed by atoms with Gasteiger partial charge in [0.1, 0.15) is 23.7 Å². The predicted octanol–water partition coefficient (Wildman–Crippen LogP) is 5.99. The topological polar surface area (TPSA) is 106 Å².